The third-order valence-corrected chi connectivity index (χ3v) is 4.96. The van der Waals surface area contributed by atoms with Gasteiger partial charge in [0, 0.05) is 24.8 Å². The first-order chi connectivity index (χ1) is 13.4. The number of nitrogens with one attached hydrogen (secondary N) is 1. The van der Waals surface area contributed by atoms with E-state index in [0.29, 0.717) is 17.1 Å². The van der Waals surface area contributed by atoms with Crippen LogP contribution in [0.15, 0.2) is 48.5 Å². The predicted molar refractivity (Wildman–Crippen MR) is 107 cm³/mol. The maximum absolute atomic E-state index is 13.2. The average Bonchev–Trinajstić information content (AvgIpc) is 2.83. The van der Waals surface area contributed by atoms with Gasteiger partial charge in [-0.05, 0) is 30.7 Å². The summed E-state index contributed by atoms with van der Waals surface area (Å²) in [6.45, 7) is 2.19. The number of primary amides is 1. The molecule has 1 aliphatic rings. The summed E-state index contributed by atoms with van der Waals surface area (Å²) in [6, 6.07) is 13.6. The molecule has 3 rings (SSSR count). The maximum atomic E-state index is 13.2. The highest BCUT2D eigenvalue weighted by molar-refractivity contribution is 6.34. The predicted octanol–water partition coefficient (Wildman–Crippen LogP) is 2.39. The second-order valence-electron chi connectivity index (χ2n) is 6.63. The molecule has 1 atom stereocenters. The van der Waals surface area contributed by atoms with Gasteiger partial charge in [0.05, 0.1) is 17.1 Å². The number of fused-ring (bicyclic) bond motifs is 1. The molecule has 1 heterocycles. The number of nitrogens with zero attached hydrogens (tertiary/aromatic N) is 2. The molecule has 7 nitrogen and oxygen atoms in total. The van der Waals surface area contributed by atoms with Crippen molar-refractivity contribution in [2.45, 2.75) is 19.5 Å². The number of carbonyl (C=O) groups is 3. The molecular weight excluding hydrogens is 380 g/mol. The quantitative estimate of drug-likeness (QED) is 0.827. The van der Waals surface area contributed by atoms with Crippen molar-refractivity contribution in [3.8, 4) is 0 Å². The molecule has 0 saturated carbocycles. The fraction of sp³-hybridized carbons (Fsp3) is 0.250. The molecule has 0 bridgehead atoms. The molecule has 0 unspecified atom stereocenters. The van der Waals surface area contributed by atoms with Crippen molar-refractivity contribution in [2.75, 3.05) is 18.0 Å². The first kappa shape index (κ1) is 19.7. The fourth-order valence-corrected chi connectivity index (χ4v) is 3.43. The van der Waals surface area contributed by atoms with E-state index >= 15 is 0 Å². The fourth-order valence-electron chi connectivity index (χ4n) is 3.22. The molecule has 2 aromatic carbocycles. The summed E-state index contributed by atoms with van der Waals surface area (Å²) >= 11 is 6.23. The van der Waals surface area contributed by atoms with E-state index in [1.807, 2.05) is 31.2 Å². The summed E-state index contributed by atoms with van der Waals surface area (Å²) in [6.07, 6.45) is 0. The third kappa shape index (κ3) is 4.09. The summed E-state index contributed by atoms with van der Waals surface area (Å²) in [4.78, 5) is 40.0. The molecular formula is C20H21ClN4O3. The van der Waals surface area contributed by atoms with Crippen LogP contribution in [0.5, 0.6) is 0 Å². The van der Waals surface area contributed by atoms with E-state index in [-0.39, 0.29) is 25.0 Å². The van der Waals surface area contributed by atoms with Crippen LogP contribution in [0, 0.1) is 0 Å². The topological polar surface area (TPSA) is 95.7 Å². The van der Waals surface area contributed by atoms with Gasteiger partial charge in [-0.2, -0.15) is 0 Å². The number of para-hydroxylation sites is 1. The molecule has 0 aromatic heterocycles. The lowest BCUT2D eigenvalue weighted by atomic mass is 10.1. The van der Waals surface area contributed by atoms with E-state index in [0.717, 1.165) is 11.3 Å². The van der Waals surface area contributed by atoms with Crippen LogP contribution in [0.25, 0.3) is 0 Å². The Labute approximate surface area is 168 Å². The van der Waals surface area contributed by atoms with E-state index < -0.39 is 11.9 Å². The largest absolute Gasteiger partial charge is 0.368 e. The molecule has 4 amide bonds. The van der Waals surface area contributed by atoms with Crippen molar-refractivity contribution < 1.29 is 14.4 Å². The summed E-state index contributed by atoms with van der Waals surface area (Å²) in [5.41, 5.74) is 7.06. The maximum Gasteiger partial charge on any atom is 0.318 e. The van der Waals surface area contributed by atoms with E-state index in [2.05, 4.69) is 5.32 Å². The minimum atomic E-state index is -0.619. The van der Waals surface area contributed by atoms with Gasteiger partial charge in [0.15, 0.2) is 0 Å². The van der Waals surface area contributed by atoms with Crippen LogP contribution < -0.4 is 16.0 Å². The standard InChI is InChI=1S/C20H21ClN4O3/c1-13-11-25(19(27)15-7-3-4-8-16(15)21)17-9-5-2-6-14(17)12-24(13)20(28)23-10-18(22)26/h2-9,13H,10-12H2,1H3,(H2,22,26)(H,23,28)/t13-/m1/s1. The van der Waals surface area contributed by atoms with Gasteiger partial charge in [-0.15, -0.1) is 0 Å². The van der Waals surface area contributed by atoms with Crippen LogP contribution in [0.4, 0.5) is 10.5 Å². The number of nitrogens with two attached hydrogens (primary N) is 1. The Kier molecular flexibility index (Phi) is 5.84. The van der Waals surface area contributed by atoms with Crippen molar-refractivity contribution in [3.05, 3.63) is 64.7 Å². The third-order valence-electron chi connectivity index (χ3n) is 4.63. The van der Waals surface area contributed by atoms with Crippen molar-refractivity contribution in [3.63, 3.8) is 0 Å². The normalized spacial score (nSPS) is 16.1. The van der Waals surface area contributed by atoms with Crippen LogP contribution >= 0.6 is 11.6 Å². The number of hydrogen-bond acceptors (Lipinski definition) is 3. The average molecular weight is 401 g/mol. The summed E-state index contributed by atoms with van der Waals surface area (Å²) in [5, 5.41) is 2.89. The molecule has 1 aliphatic heterocycles. The van der Waals surface area contributed by atoms with Gasteiger partial charge < -0.3 is 20.9 Å². The minimum Gasteiger partial charge on any atom is -0.368 e. The number of hydrogen-bond donors (Lipinski definition) is 2. The molecule has 8 heteroatoms. The lowest BCUT2D eigenvalue weighted by Gasteiger charge is -2.29. The first-order valence-corrected chi connectivity index (χ1v) is 9.23. The second-order valence-corrected chi connectivity index (χ2v) is 7.03. The van der Waals surface area contributed by atoms with Crippen LogP contribution in [-0.4, -0.2) is 41.9 Å². The molecule has 0 radical (unpaired) electrons. The Bertz CT molecular complexity index is 918. The van der Waals surface area contributed by atoms with E-state index in [9.17, 15) is 14.4 Å². The Balaban J connectivity index is 1.94. The van der Waals surface area contributed by atoms with Gasteiger partial charge in [-0.3, -0.25) is 9.59 Å². The highest BCUT2D eigenvalue weighted by Crippen LogP contribution is 2.30. The Hall–Kier alpha value is -3.06. The number of urea groups is 1. The van der Waals surface area contributed by atoms with E-state index in [4.69, 9.17) is 17.3 Å². The smallest absolute Gasteiger partial charge is 0.318 e. The Morgan fingerprint density at radius 1 is 1.14 bits per heavy atom. The lowest BCUT2D eigenvalue weighted by Crippen LogP contribution is -2.49. The number of rotatable bonds is 3. The molecule has 0 saturated heterocycles. The van der Waals surface area contributed by atoms with Crippen molar-refractivity contribution in [1.82, 2.24) is 10.2 Å². The van der Waals surface area contributed by atoms with E-state index in [1.54, 1.807) is 34.1 Å². The van der Waals surface area contributed by atoms with Crippen LogP contribution in [-0.2, 0) is 11.3 Å². The van der Waals surface area contributed by atoms with Crippen molar-refractivity contribution in [1.29, 1.82) is 0 Å². The number of halogens is 1. The number of amides is 4. The highest BCUT2D eigenvalue weighted by atomic mass is 35.5. The van der Waals surface area contributed by atoms with Gasteiger partial charge in [0.25, 0.3) is 5.91 Å². The van der Waals surface area contributed by atoms with Crippen LogP contribution in [0.2, 0.25) is 5.02 Å². The first-order valence-electron chi connectivity index (χ1n) is 8.85. The van der Waals surface area contributed by atoms with Crippen LogP contribution in [0.3, 0.4) is 0 Å². The van der Waals surface area contributed by atoms with E-state index in [1.165, 1.54) is 0 Å². The van der Waals surface area contributed by atoms with Gasteiger partial charge in [0.1, 0.15) is 0 Å². The van der Waals surface area contributed by atoms with Crippen LogP contribution in [0.1, 0.15) is 22.8 Å². The molecule has 2 aromatic rings. The second kappa shape index (κ2) is 8.31. The summed E-state index contributed by atoms with van der Waals surface area (Å²) < 4.78 is 0. The summed E-state index contributed by atoms with van der Waals surface area (Å²) in [5.74, 6) is -0.851. The molecule has 146 valence electrons. The molecule has 0 fully saturated rings. The zero-order chi connectivity index (χ0) is 20.3. The zero-order valence-corrected chi connectivity index (χ0v) is 16.1. The molecule has 3 N–H and O–H groups in total. The highest BCUT2D eigenvalue weighted by Gasteiger charge is 2.32. The lowest BCUT2D eigenvalue weighted by molar-refractivity contribution is -0.117. The molecule has 28 heavy (non-hydrogen) atoms. The van der Waals surface area contributed by atoms with Gasteiger partial charge in [0.2, 0.25) is 5.91 Å². The monoisotopic (exact) mass is 400 g/mol. The van der Waals surface area contributed by atoms with Gasteiger partial charge in [-0.1, -0.05) is 41.9 Å². The number of anilines is 1. The zero-order valence-electron chi connectivity index (χ0n) is 15.4. The minimum absolute atomic E-state index is 0.232. The molecule has 0 spiro atoms. The number of benzene rings is 2. The number of carbonyl (C=O) groups excluding carboxylic acids is 3. The van der Waals surface area contributed by atoms with Crippen molar-refractivity contribution >= 4 is 35.1 Å². The molecule has 0 aliphatic carbocycles. The Morgan fingerprint density at radius 2 is 1.82 bits per heavy atom. The SMILES string of the molecule is C[C@@H]1CN(C(=O)c2ccccc2Cl)c2ccccc2CN1C(=O)NCC(N)=O. The van der Waals surface area contributed by atoms with Gasteiger partial charge >= 0.3 is 6.03 Å². The van der Waals surface area contributed by atoms with Gasteiger partial charge in [-0.25, -0.2) is 4.79 Å². The Morgan fingerprint density at radius 3 is 2.54 bits per heavy atom. The summed E-state index contributed by atoms with van der Waals surface area (Å²) in [7, 11) is 0. The van der Waals surface area contributed by atoms with Crippen molar-refractivity contribution in [2.24, 2.45) is 5.73 Å².